The monoisotopic (exact) mass is 359 g/mol. The lowest BCUT2D eigenvalue weighted by Gasteiger charge is -2.06. The van der Waals surface area contributed by atoms with Crippen molar-refractivity contribution in [3.8, 4) is 5.69 Å². The number of aromatic nitrogens is 3. The van der Waals surface area contributed by atoms with E-state index in [2.05, 4.69) is 10.3 Å². The van der Waals surface area contributed by atoms with E-state index in [9.17, 15) is 9.18 Å². The molecule has 0 radical (unpaired) electrons. The molecule has 0 saturated carbocycles. The zero-order chi connectivity index (χ0) is 18.0. The third-order valence-electron chi connectivity index (χ3n) is 3.77. The van der Waals surface area contributed by atoms with Crippen LogP contribution in [0.5, 0.6) is 0 Å². The van der Waals surface area contributed by atoms with Crippen LogP contribution in [-0.4, -0.2) is 21.0 Å². The molecule has 25 heavy (non-hydrogen) atoms. The number of ether oxygens (including phenoxy) is 1. The number of aryl methyl sites for hydroxylation is 1. The lowest BCUT2D eigenvalue weighted by Crippen LogP contribution is -2.08. The molecule has 0 N–H and O–H groups in total. The van der Waals surface area contributed by atoms with Crippen LogP contribution in [-0.2, 0) is 11.3 Å². The maximum Gasteiger partial charge on any atom is 0.361 e. The van der Waals surface area contributed by atoms with Crippen LogP contribution in [0, 0.1) is 19.7 Å². The minimum atomic E-state index is -0.591. The molecule has 7 heteroatoms. The molecule has 2 aromatic carbocycles. The number of nitrogens with zero attached hydrogens (tertiary/aromatic N) is 3. The van der Waals surface area contributed by atoms with Gasteiger partial charge in [-0.1, -0.05) is 35.0 Å². The van der Waals surface area contributed by atoms with E-state index >= 15 is 0 Å². The predicted octanol–water partition coefficient (Wildman–Crippen LogP) is 4.03. The number of rotatable bonds is 4. The Kier molecular flexibility index (Phi) is 4.81. The van der Waals surface area contributed by atoms with Crippen LogP contribution in [0.1, 0.15) is 27.3 Å². The molecule has 0 fully saturated rings. The molecule has 3 aromatic rings. The molecule has 1 aromatic heterocycles. The number of carbonyl (C=O) groups is 1. The number of esters is 1. The third-order valence-corrected chi connectivity index (χ3v) is 4.18. The Balaban J connectivity index is 1.76. The zero-order valence-corrected chi connectivity index (χ0v) is 14.4. The van der Waals surface area contributed by atoms with E-state index in [0.717, 1.165) is 5.56 Å². The van der Waals surface area contributed by atoms with Gasteiger partial charge in [-0.25, -0.2) is 13.9 Å². The Morgan fingerprint density at radius 2 is 1.92 bits per heavy atom. The maximum atomic E-state index is 12.9. The summed E-state index contributed by atoms with van der Waals surface area (Å²) in [4.78, 5) is 12.2. The first-order chi connectivity index (χ1) is 12.0. The van der Waals surface area contributed by atoms with Crippen molar-refractivity contribution in [1.82, 2.24) is 15.0 Å². The van der Waals surface area contributed by atoms with Crippen molar-refractivity contribution >= 4 is 17.6 Å². The molecule has 0 aliphatic carbocycles. The van der Waals surface area contributed by atoms with Gasteiger partial charge in [0.15, 0.2) is 5.69 Å². The molecule has 0 aliphatic rings. The van der Waals surface area contributed by atoms with Crippen molar-refractivity contribution in [2.24, 2.45) is 0 Å². The number of hydrogen-bond acceptors (Lipinski definition) is 4. The van der Waals surface area contributed by atoms with Crippen LogP contribution in [0.3, 0.4) is 0 Å². The Morgan fingerprint density at radius 1 is 1.20 bits per heavy atom. The normalized spacial score (nSPS) is 10.7. The van der Waals surface area contributed by atoms with Crippen molar-refractivity contribution in [2.45, 2.75) is 20.5 Å². The van der Waals surface area contributed by atoms with Crippen LogP contribution in [0.4, 0.5) is 4.39 Å². The van der Waals surface area contributed by atoms with Crippen LogP contribution in [0.2, 0.25) is 5.02 Å². The quantitative estimate of drug-likeness (QED) is 0.660. The van der Waals surface area contributed by atoms with E-state index in [4.69, 9.17) is 16.3 Å². The molecule has 0 spiro atoms. The second-order valence-corrected chi connectivity index (χ2v) is 5.98. The summed E-state index contributed by atoms with van der Waals surface area (Å²) in [5, 5.41) is 8.51. The largest absolute Gasteiger partial charge is 0.456 e. The van der Waals surface area contributed by atoms with E-state index < -0.39 is 5.97 Å². The van der Waals surface area contributed by atoms with Gasteiger partial charge in [-0.05, 0) is 49.2 Å². The molecule has 0 amide bonds. The standard InChI is InChI=1S/C18H15ClFN3O2/c1-11-3-8-15(9-16(11)19)23-12(2)17(21-22-23)18(24)25-10-13-4-6-14(20)7-5-13/h3-9H,10H2,1-2H3. The molecule has 0 bridgehead atoms. The first-order valence-electron chi connectivity index (χ1n) is 7.56. The summed E-state index contributed by atoms with van der Waals surface area (Å²) in [5.41, 5.74) is 3.01. The van der Waals surface area contributed by atoms with Gasteiger partial charge >= 0.3 is 5.97 Å². The van der Waals surface area contributed by atoms with Crippen LogP contribution >= 0.6 is 11.6 Å². The fourth-order valence-corrected chi connectivity index (χ4v) is 2.45. The smallest absolute Gasteiger partial charge is 0.361 e. The number of hydrogen-bond donors (Lipinski definition) is 0. The average molecular weight is 360 g/mol. The van der Waals surface area contributed by atoms with Crippen LogP contribution < -0.4 is 0 Å². The molecule has 1 heterocycles. The van der Waals surface area contributed by atoms with Gasteiger partial charge in [-0.3, -0.25) is 0 Å². The van der Waals surface area contributed by atoms with Gasteiger partial charge in [0, 0.05) is 5.02 Å². The van der Waals surface area contributed by atoms with Crippen molar-refractivity contribution < 1.29 is 13.9 Å². The van der Waals surface area contributed by atoms with Crippen molar-refractivity contribution in [3.05, 3.63) is 75.8 Å². The van der Waals surface area contributed by atoms with Gasteiger partial charge in [0.1, 0.15) is 12.4 Å². The summed E-state index contributed by atoms with van der Waals surface area (Å²) in [5.74, 6) is -0.933. The van der Waals surface area contributed by atoms with Gasteiger partial charge in [0.2, 0.25) is 0 Å². The van der Waals surface area contributed by atoms with E-state index in [1.165, 1.54) is 16.8 Å². The van der Waals surface area contributed by atoms with Crippen LogP contribution in [0.25, 0.3) is 5.69 Å². The molecule has 5 nitrogen and oxygen atoms in total. The van der Waals surface area contributed by atoms with Crippen molar-refractivity contribution in [2.75, 3.05) is 0 Å². The van der Waals surface area contributed by atoms with Crippen LogP contribution in [0.15, 0.2) is 42.5 Å². The van der Waals surface area contributed by atoms with Gasteiger partial charge < -0.3 is 4.74 Å². The maximum absolute atomic E-state index is 12.9. The molecule has 128 valence electrons. The van der Waals surface area contributed by atoms with E-state index in [1.807, 2.05) is 19.1 Å². The second-order valence-electron chi connectivity index (χ2n) is 5.57. The molecular weight excluding hydrogens is 345 g/mol. The average Bonchev–Trinajstić information content (AvgIpc) is 2.98. The SMILES string of the molecule is Cc1ccc(-n2nnc(C(=O)OCc3ccc(F)cc3)c2C)cc1Cl. The highest BCUT2D eigenvalue weighted by Gasteiger charge is 2.19. The third kappa shape index (κ3) is 3.69. The molecule has 0 unspecified atom stereocenters. The molecule has 0 atom stereocenters. The summed E-state index contributed by atoms with van der Waals surface area (Å²) in [6.45, 7) is 3.66. The topological polar surface area (TPSA) is 57.0 Å². The minimum Gasteiger partial charge on any atom is -0.456 e. The van der Waals surface area contributed by atoms with E-state index in [1.54, 1.807) is 25.1 Å². The lowest BCUT2D eigenvalue weighted by atomic mass is 10.2. The highest BCUT2D eigenvalue weighted by molar-refractivity contribution is 6.31. The summed E-state index contributed by atoms with van der Waals surface area (Å²) in [7, 11) is 0. The second kappa shape index (κ2) is 7.03. The fourth-order valence-electron chi connectivity index (χ4n) is 2.27. The summed E-state index contributed by atoms with van der Waals surface area (Å²) in [6.07, 6.45) is 0. The summed E-state index contributed by atoms with van der Waals surface area (Å²) in [6, 6.07) is 11.2. The van der Waals surface area contributed by atoms with E-state index in [0.29, 0.717) is 22.0 Å². The Hall–Kier alpha value is -2.73. The van der Waals surface area contributed by atoms with Crippen molar-refractivity contribution in [3.63, 3.8) is 0 Å². The van der Waals surface area contributed by atoms with Gasteiger partial charge in [-0.2, -0.15) is 0 Å². The van der Waals surface area contributed by atoms with Gasteiger partial charge in [0.05, 0.1) is 11.4 Å². The highest BCUT2D eigenvalue weighted by atomic mass is 35.5. The highest BCUT2D eigenvalue weighted by Crippen LogP contribution is 2.21. The Labute approximate surface area is 149 Å². The van der Waals surface area contributed by atoms with Gasteiger partial charge in [-0.15, -0.1) is 5.10 Å². The summed E-state index contributed by atoms with van der Waals surface area (Å²) < 4.78 is 19.6. The summed E-state index contributed by atoms with van der Waals surface area (Å²) >= 11 is 6.13. The molecule has 3 rings (SSSR count). The lowest BCUT2D eigenvalue weighted by molar-refractivity contribution is 0.0464. The van der Waals surface area contributed by atoms with Crippen molar-refractivity contribution in [1.29, 1.82) is 0 Å². The zero-order valence-electron chi connectivity index (χ0n) is 13.7. The first kappa shape index (κ1) is 17.1. The molecule has 0 saturated heterocycles. The minimum absolute atomic E-state index is 0.0295. The number of halogens is 2. The molecule has 0 aliphatic heterocycles. The number of carbonyl (C=O) groups excluding carboxylic acids is 1. The van der Waals surface area contributed by atoms with Gasteiger partial charge in [0.25, 0.3) is 0 Å². The number of benzene rings is 2. The molecular formula is C18H15ClFN3O2. The van der Waals surface area contributed by atoms with E-state index in [-0.39, 0.29) is 18.1 Å². The Morgan fingerprint density at radius 3 is 2.60 bits per heavy atom. The predicted molar refractivity (Wildman–Crippen MR) is 91.4 cm³/mol. The fraction of sp³-hybridized carbons (Fsp3) is 0.167. The Bertz CT molecular complexity index is 923. The first-order valence-corrected chi connectivity index (χ1v) is 7.94.